The van der Waals surface area contributed by atoms with Crippen LogP contribution in [0.15, 0.2) is 35.3 Å². The van der Waals surface area contributed by atoms with Gasteiger partial charge in [0.05, 0.1) is 5.69 Å². The highest BCUT2D eigenvalue weighted by Gasteiger charge is 2.09. The van der Waals surface area contributed by atoms with Gasteiger partial charge >= 0.3 is 0 Å². The van der Waals surface area contributed by atoms with Gasteiger partial charge in [-0.15, -0.1) is 0 Å². The molecule has 1 aromatic heterocycles. The molecule has 0 fully saturated rings. The van der Waals surface area contributed by atoms with Crippen LogP contribution in [0, 0.1) is 13.8 Å². The fourth-order valence-corrected chi connectivity index (χ4v) is 2.44. The lowest BCUT2D eigenvalue weighted by atomic mass is 10.1. The molecule has 0 radical (unpaired) electrons. The van der Waals surface area contributed by atoms with Gasteiger partial charge in [0, 0.05) is 38.4 Å². The monoisotopic (exact) mass is 299 g/mol. The predicted molar refractivity (Wildman–Crippen MR) is 91.0 cm³/mol. The molecule has 5 heteroatoms. The Morgan fingerprint density at radius 1 is 1.18 bits per heavy atom. The van der Waals surface area contributed by atoms with Gasteiger partial charge in [-0.25, -0.2) is 0 Å². The quantitative estimate of drug-likeness (QED) is 0.655. The van der Waals surface area contributed by atoms with E-state index in [9.17, 15) is 0 Å². The molecular formula is C17H25N5. The molecule has 0 unspecified atom stereocenters. The Kier molecular flexibility index (Phi) is 5.58. The lowest BCUT2D eigenvalue weighted by molar-refractivity contribution is 0.728. The van der Waals surface area contributed by atoms with Crippen molar-refractivity contribution in [3.8, 4) is 0 Å². The van der Waals surface area contributed by atoms with E-state index in [1.807, 2.05) is 24.7 Å². The molecule has 0 amide bonds. The predicted octanol–water partition coefficient (Wildman–Crippen LogP) is 1.94. The summed E-state index contributed by atoms with van der Waals surface area (Å²) in [5.74, 6) is 0.818. The molecule has 5 nitrogen and oxygen atoms in total. The van der Waals surface area contributed by atoms with E-state index in [-0.39, 0.29) is 0 Å². The number of nitrogens with one attached hydrogen (secondary N) is 2. The van der Waals surface area contributed by atoms with Crippen LogP contribution in [0.5, 0.6) is 0 Å². The Bertz CT molecular complexity index is 628. The zero-order valence-corrected chi connectivity index (χ0v) is 13.8. The first kappa shape index (κ1) is 16.1. The highest BCUT2D eigenvalue weighted by Crippen LogP contribution is 2.10. The van der Waals surface area contributed by atoms with Crippen LogP contribution in [0.25, 0.3) is 0 Å². The smallest absolute Gasteiger partial charge is 0.191 e. The van der Waals surface area contributed by atoms with Gasteiger partial charge in [-0.3, -0.25) is 9.67 Å². The Labute approximate surface area is 132 Å². The second kappa shape index (κ2) is 7.64. The number of aryl methyl sites for hydroxylation is 2. The van der Waals surface area contributed by atoms with Gasteiger partial charge in [0.15, 0.2) is 5.96 Å². The lowest BCUT2D eigenvalue weighted by Crippen LogP contribution is -2.38. The summed E-state index contributed by atoms with van der Waals surface area (Å²) in [6.45, 7) is 5.71. The molecule has 0 aliphatic heterocycles. The molecule has 1 aromatic carbocycles. The van der Waals surface area contributed by atoms with Crippen LogP contribution < -0.4 is 10.6 Å². The van der Waals surface area contributed by atoms with Gasteiger partial charge in [0.1, 0.15) is 0 Å². The summed E-state index contributed by atoms with van der Waals surface area (Å²) in [7, 11) is 3.76. The fraction of sp³-hybridized carbons (Fsp3) is 0.412. The lowest BCUT2D eigenvalue weighted by Gasteiger charge is -2.12. The number of guanidine groups is 1. The van der Waals surface area contributed by atoms with Crippen molar-refractivity contribution in [1.82, 2.24) is 20.4 Å². The van der Waals surface area contributed by atoms with Crippen LogP contribution in [-0.4, -0.2) is 29.3 Å². The molecular weight excluding hydrogens is 274 g/mol. The van der Waals surface area contributed by atoms with Gasteiger partial charge in [0.2, 0.25) is 0 Å². The number of hydrogen-bond acceptors (Lipinski definition) is 2. The Hall–Kier alpha value is -2.30. The summed E-state index contributed by atoms with van der Waals surface area (Å²) in [5, 5.41) is 11.1. The summed E-state index contributed by atoms with van der Waals surface area (Å²) in [6, 6.07) is 10.4. The average molecular weight is 299 g/mol. The summed E-state index contributed by atoms with van der Waals surface area (Å²) in [5.41, 5.74) is 4.80. The second-order valence-corrected chi connectivity index (χ2v) is 5.36. The maximum absolute atomic E-state index is 4.43. The summed E-state index contributed by atoms with van der Waals surface area (Å²) < 4.78 is 1.91. The van der Waals surface area contributed by atoms with Gasteiger partial charge in [-0.05, 0) is 25.8 Å². The first-order chi connectivity index (χ1) is 10.6. The number of benzene rings is 1. The minimum atomic E-state index is 0.733. The Morgan fingerprint density at radius 3 is 2.50 bits per heavy atom. The molecule has 0 bridgehead atoms. The summed E-state index contributed by atoms with van der Waals surface area (Å²) in [4.78, 5) is 4.27. The normalized spacial score (nSPS) is 11.5. The Balaban J connectivity index is 1.83. The third-order valence-electron chi connectivity index (χ3n) is 3.86. The van der Waals surface area contributed by atoms with Crippen molar-refractivity contribution in [2.24, 2.45) is 12.0 Å². The zero-order chi connectivity index (χ0) is 15.9. The van der Waals surface area contributed by atoms with E-state index in [0.717, 1.165) is 31.2 Å². The van der Waals surface area contributed by atoms with E-state index in [0.29, 0.717) is 0 Å². The zero-order valence-electron chi connectivity index (χ0n) is 13.8. The van der Waals surface area contributed by atoms with E-state index in [1.54, 1.807) is 7.05 Å². The fourth-order valence-electron chi connectivity index (χ4n) is 2.44. The molecule has 0 spiro atoms. The molecule has 0 aliphatic carbocycles. The average Bonchev–Trinajstić information content (AvgIpc) is 2.77. The highest BCUT2D eigenvalue weighted by molar-refractivity contribution is 5.79. The molecule has 22 heavy (non-hydrogen) atoms. The first-order valence-electron chi connectivity index (χ1n) is 7.59. The van der Waals surface area contributed by atoms with Crippen molar-refractivity contribution >= 4 is 5.96 Å². The van der Waals surface area contributed by atoms with Crippen LogP contribution in [0.3, 0.4) is 0 Å². The minimum Gasteiger partial charge on any atom is -0.356 e. The van der Waals surface area contributed by atoms with Gasteiger partial charge in [-0.2, -0.15) is 5.10 Å². The van der Waals surface area contributed by atoms with Gasteiger partial charge in [0.25, 0.3) is 0 Å². The van der Waals surface area contributed by atoms with E-state index >= 15 is 0 Å². The molecule has 0 saturated heterocycles. The second-order valence-electron chi connectivity index (χ2n) is 5.36. The minimum absolute atomic E-state index is 0.733. The molecule has 2 rings (SSSR count). The highest BCUT2D eigenvalue weighted by atomic mass is 15.3. The number of hydrogen-bond donors (Lipinski definition) is 2. The van der Waals surface area contributed by atoms with Crippen LogP contribution >= 0.6 is 0 Å². The maximum atomic E-state index is 4.43. The Morgan fingerprint density at radius 2 is 1.91 bits per heavy atom. The topological polar surface area (TPSA) is 54.2 Å². The number of aromatic nitrogens is 2. The molecule has 0 saturated carbocycles. The largest absolute Gasteiger partial charge is 0.356 e. The van der Waals surface area contributed by atoms with Crippen molar-refractivity contribution in [3.63, 3.8) is 0 Å². The number of nitrogens with zero attached hydrogens (tertiary/aromatic N) is 3. The van der Waals surface area contributed by atoms with Crippen molar-refractivity contribution in [3.05, 3.63) is 52.8 Å². The van der Waals surface area contributed by atoms with Gasteiger partial charge < -0.3 is 10.6 Å². The SMILES string of the molecule is CN=C(NCCc1ccccc1)NCc1c(C)nn(C)c1C. The van der Waals surface area contributed by atoms with Crippen LogP contribution in [-0.2, 0) is 20.0 Å². The van der Waals surface area contributed by atoms with E-state index in [1.165, 1.54) is 16.8 Å². The number of rotatable bonds is 5. The third kappa shape index (κ3) is 4.10. The van der Waals surface area contributed by atoms with E-state index in [2.05, 4.69) is 51.9 Å². The van der Waals surface area contributed by atoms with Crippen LogP contribution in [0.4, 0.5) is 0 Å². The maximum Gasteiger partial charge on any atom is 0.191 e. The molecule has 0 atom stereocenters. The standard InChI is InChI=1S/C17H25N5/c1-13-16(14(2)22(4)21-13)12-20-17(18-3)19-11-10-15-8-6-5-7-9-15/h5-9H,10-12H2,1-4H3,(H2,18,19,20). The van der Waals surface area contributed by atoms with Crippen molar-refractivity contribution in [2.75, 3.05) is 13.6 Å². The summed E-state index contributed by atoms with van der Waals surface area (Å²) in [6.07, 6.45) is 0.979. The van der Waals surface area contributed by atoms with Crippen LogP contribution in [0.2, 0.25) is 0 Å². The summed E-state index contributed by atoms with van der Waals surface area (Å²) >= 11 is 0. The van der Waals surface area contributed by atoms with E-state index < -0.39 is 0 Å². The van der Waals surface area contributed by atoms with Crippen LogP contribution in [0.1, 0.15) is 22.5 Å². The van der Waals surface area contributed by atoms with Crippen molar-refractivity contribution < 1.29 is 0 Å². The molecule has 2 aromatic rings. The van der Waals surface area contributed by atoms with Gasteiger partial charge in [-0.1, -0.05) is 30.3 Å². The number of aliphatic imine (C=N–C) groups is 1. The van der Waals surface area contributed by atoms with Crippen molar-refractivity contribution in [1.29, 1.82) is 0 Å². The molecule has 1 heterocycles. The third-order valence-corrected chi connectivity index (χ3v) is 3.86. The molecule has 2 N–H and O–H groups in total. The molecule has 0 aliphatic rings. The molecule has 118 valence electrons. The van der Waals surface area contributed by atoms with Crippen molar-refractivity contribution in [2.45, 2.75) is 26.8 Å². The first-order valence-corrected chi connectivity index (χ1v) is 7.59. The van der Waals surface area contributed by atoms with E-state index in [4.69, 9.17) is 0 Å².